The van der Waals surface area contributed by atoms with Gasteiger partial charge >= 0.3 is 0 Å². The Morgan fingerprint density at radius 2 is 2.23 bits per heavy atom. The third kappa shape index (κ3) is 1.33. The number of hydrogen-bond acceptors (Lipinski definition) is 2. The molecule has 3 N–H and O–H groups in total. The first kappa shape index (κ1) is 7.67. The van der Waals surface area contributed by atoms with Crippen LogP contribution in [0.15, 0.2) is 30.5 Å². The van der Waals surface area contributed by atoms with Crippen LogP contribution < -0.4 is 10.9 Å². The van der Waals surface area contributed by atoms with E-state index in [0.29, 0.717) is 6.41 Å². The molecule has 1 amide bonds. The lowest BCUT2D eigenvalue weighted by Gasteiger charge is -2.04. The monoisotopic (exact) mass is 175 g/mol. The number of nitrogens with one attached hydrogen (secondary N) is 3. The van der Waals surface area contributed by atoms with Crippen LogP contribution in [0.4, 0.5) is 5.69 Å². The van der Waals surface area contributed by atoms with Gasteiger partial charge in [0.1, 0.15) is 0 Å². The highest BCUT2D eigenvalue weighted by atomic mass is 16.1. The van der Waals surface area contributed by atoms with Crippen LogP contribution in [0.2, 0.25) is 0 Å². The Bertz CT molecular complexity index is 421. The number of aromatic nitrogens is 1. The van der Waals surface area contributed by atoms with Crippen molar-refractivity contribution in [3.8, 4) is 0 Å². The molecule has 0 spiro atoms. The normalized spacial score (nSPS) is 9.85. The van der Waals surface area contributed by atoms with E-state index in [-0.39, 0.29) is 0 Å². The van der Waals surface area contributed by atoms with E-state index >= 15 is 0 Å². The standard InChI is InChI=1S/C9H9N3O/c13-6-11-12-9-3-1-2-8-7(9)4-5-10-8/h1-6,10,12H,(H,11,13). The average Bonchev–Trinajstić information content (AvgIpc) is 2.62. The minimum absolute atomic E-state index is 0.603. The van der Waals surface area contributed by atoms with Gasteiger partial charge in [-0.25, -0.2) is 0 Å². The molecule has 0 saturated heterocycles. The topological polar surface area (TPSA) is 56.9 Å². The van der Waals surface area contributed by atoms with Gasteiger partial charge in [-0.2, -0.15) is 0 Å². The fourth-order valence-corrected chi connectivity index (χ4v) is 1.30. The van der Waals surface area contributed by atoms with E-state index in [2.05, 4.69) is 15.8 Å². The number of hydrogen-bond donors (Lipinski definition) is 3. The highest BCUT2D eigenvalue weighted by Crippen LogP contribution is 2.20. The Labute approximate surface area is 74.9 Å². The van der Waals surface area contributed by atoms with Gasteiger partial charge in [0.2, 0.25) is 6.41 Å². The van der Waals surface area contributed by atoms with Crippen molar-refractivity contribution in [2.75, 3.05) is 5.43 Å². The van der Waals surface area contributed by atoms with Crippen molar-refractivity contribution in [3.63, 3.8) is 0 Å². The number of amides is 1. The van der Waals surface area contributed by atoms with Crippen molar-refractivity contribution in [2.24, 2.45) is 0 Å². The summed E-state index contributed by atoms with van der Waals surface area (Å²) < 4.78 is 0. The third-order valence-electron chi connectivity index (χ3n) is 1.86. The zero-order valence-corrected chi connectivity index (χ0v) is 6.87. The second-order valence-corrected chi connectivity index (χ2v) is 2.63. The maximum absolute atomic E-state index is 10.1. The summed E-state index contributed by atoms with van der Waals surface area (Å²) in [6.45, 7) is 0. The lowest BCUT2D eigenvalue weighted by atomic mass is 10.2. The van der Waals surface area contributed by atoms with Crippen LogP contribution in [0.25, 0.3) is 10.9 Å². The van der Waals surface area contributed by atoms with E-state index in [0.717, 1.165) is 16.6 Å². The molecule has 0 bridgehead atoms. The minimum atomic E-state index is 0.603. The predicted octanol–water partition coefficient (Wildman–Crippen LogP) is 1.24. The molecule has 4 nitrogen and oxygen atoms in total. The van der Waals surface area contributed by atoms with Crippen LogP contribution in [-0.4, -0.2) is 11.4 Å². The first-order valence-electron chi connectivity index (χ1n) is 3.93. The molecule has 1 heterocycles. The van der Waals surface area contributed by atoms with Gasteiger partial charge in [-0.05, 0) is 18.2 Å². The fourth-order valence-electron chi connectivity index (χ4n) is 1.30. The fraction of sp³-hybridized carbons (Fsp3) is 0. The molecule has 0 saturated carbocycles. The van der Waals surface area contributed by atoms with Crippen molar-refractivity contribution in [3.05, 3.63) is 30.5 Å². The Hall–Kier alpha value is -1.97. The molecule has 0 radical (unpaired) electrons. The molecule has 66 valence electrons. The lowest BCUT2D eigenvalue weighted by molar-refractivity contribution is -0.109. The van der Waals surface area contributed by atoms with Crippen molar-refractivity contribution in [2.45, 2.75) is 0 Å². The highest BCUT2D eigenvalue weighted by molar-refractivity contribution is 5.91. The number of anilines is 1. The van der Waals surface area contributed by atoms with Gasteiger partial charge < -0.3 is 4.98 Å². The molecule has 0 aliphatic heterocycles. The largest absolute Gasteiger partial charge is 0.361 e. The number of rotatable bonds is 3. The maximum Gasteiger partial charge on any atom is 0.225 e. The lowest BCUT2D eigenvalue weighted by Crippen LogP contribution is -2.18. The summed E-state index contributed by atoms with van der Waals surface area (Å²) in [5.74, 6) is 0. The summed E-state index contributed by atoms with van der Waals surface area (Å²) >= 11 is 0. The number of carbonyl (C=O) groups excluding carboxylic acids is 1. The van der Waals surface area contributed by atoms with E-state index in [1.807, 2.05) is 30.5 Å². The Kier molecular flexibility index (Phi) is 1.88. The quantitative estimate of drug-likeness (QED) is 0.485. The summed E-state index contributed by atoms with van der Waals surface area (Å²) in [4.78, 5) is 13.2. The third-order valence-corrected chi connectivity index (χ3v) is 1.86. The maximum atomic E-state index is 10.1. The first-order chi connectivity index (χ1) is 6.42. The second kappa shape index (κ2) is 3.18. The van der Waals surface area contributed by atoms with Gasteiger partial charge in [-0.1, -0.05) is 6.07 Å². The molecule has 0 aliphatic rings. The van der Waals surface area contributed by atoms with Crippen LogP contribution >= 0.6 is 0 Å². The van der Waals surface area contributed by atoms with Crippen molar-refractivity contribution >= 4 is 23.0 Å². The van der Waals surface area contributed by atoms with E-state index in [1.54, 1.807) is 0 Å². The van der Waals surface area contributed by atoms with Crippen molar-refractivity contribution < 1.29 is 4.79 Å². The zero-order chi connectivity index (χ0) is 9.10. The van der Waals surface area contributed by atoms with Crippen molar-refractivity contribution in [1.29, 1.82) is 0 Å². The molecule has 0 unspecified atom stereocenters. The van der Waals surface area contributed by atoms with Gasteiger partial charge in [0, 0.05) is 17.1 Å². The number of H-pyrrole nitrogens is 1. The SMILES string of the molecule is O=CNNc1cccc2[nH]ccc12. The zero-order valence-electron chi connectivity index (χ0n) is 6.87. The van der Waals surface area contributed by atoms with Gasteiger partial charge in [-0.3, -0.25) is 15.6 Å². The Morgan fingerprint density at radius 3 is 3.08 bits per heavy atom. The molecule has 0 aliphatic carbocycles. The molecular formula is C9H9N3O. The number of aromatic amines is 1. The van der Waals surface area contributed by atoms with Crippen molar-refractivity contribution in [1.82, 2.24) is 10.4 Å². The molecule has 4 heteroatoms. The summed E-state index contributed by atoms with van der Waals surface area (Å²) in [6, 6.07) is 7.73. The number of hydrazine groups is 1. The summed E-state index contributed by atoms with van der Waals surface area (Å²) in [5, 5.41) is 1.05. The highest BCUT2D eigenvalue weighted by Gasteiger charge is 1.98. The minimum Gasteiger partial charge on any atom is -0.361 e. The molecule has 0 fully saturated rings. The van der Waals surface area contributed by atoms with Crippen LogP contribution in [0.5, 0.6) is 0 Å². The van der Waals surface area contributed by atoms with E-state index in [9.17, 15) is 4.79 Å². The Morgan fingerprint density at radius 1 is 1.31 bits per heavy atom. The van der Waals surface area contributed by atoms with E-state index in [1.165, 1.54) is 0 Å². The number of fused-ring (bicyclic) bond motifs is 1. The number of carbonyl (C=O) groups is 1. The molecule has 13 heavy (non-hydrogen) atoms. The van der Waals surface area contributed by atoms with E-state index < -0.39 is 0 Å². The smallest absolute Gasteiger partial charge is 0.225 e. The summed E-state index contributed by atoms with van der Waals surface area (Å²) in [7, 11) is 0. The molecule has 2 rings (SSSR count). The van der Waals surface area contributed by atoms with Gasteiger partial charge in [0.25, 0.3) is 0 Å². The van der Waals surface area contributed by atoms with Crippen LogP contribution in [0, 0.1) is 0 Å². The molecular weight excluding hydrogens is 166 g/mol. The number of benzene rings is 1. The van der Waals surface area contributed by atoms with E-state index in [4.69, 9.17) is 0 Å². The van der Waals surface area contributed by atoms with Crippen LogP contribution in [-0.2, 0) is 4.79 Å². The molecule has 0 atom stereocenters. The predicted molar refractivity (Wildman–Crippen MR) is 51.1 cm³/mol. The van der Waals surface area contributed by atoms with Gasteiger partial charge in [0.05, 0.1) is 5.69 Å². The first-order valence-corrected chi connectivity index (χ1v) is 3.93. The van der Waals surface area contributed by atoms with Crippen LogP contribution in [0.3, 0.4) is 0 Å². The van der Waals surface area contributed by atoms with Gasteiger partial charge in [0.15, 0.2) is 0 Å². The molecule has 1 aromatic heterocycles. The molecule has 2 aromatic rings. The summed E-state index contributed by atoms with van der Waals surface area (Å²) in [5.41, 5.74) is 7.11. The second-order valence-electron chi connectivity index (χ2n) is 2.63. The average molecular weight is 175 g/mol. The van der Waals surface area contributed by atoms with Crippen LogP contribution in [0.1, 0.15) is 0 Å². The van der Waals surface area contributed by atoms with Gasteiger partial charge in [-0.15, -0.1) is 0 Å². The summed E-state index contributed by atoms with van der Waals surface area (Å²) in [6.07, 6.45) is 2.46. The Balaban J connectivity index is 2.42. The molecule has 1 aromatic carbocycles.